The van der Waals surface area contributed by atoms with Crippen LogP contribution in [-0.4, -0.2) is 50.3 Å². The molecule has 12 nitrogen and oxygen atoms in total. The lowest BCUT2D eigenvalue weighted by Crippen LogP contribution is -2.38. The summed E-state index contributed by atoms with van der Waals surface area (Å²) in [7, 11) is -3.68. The SMILES string of the molecule is C[C@H](Cn1cnc2c(N)ncnc21)OCNP(N)(=O)N(CCOCc1cccc(Cl)c1)Oc1ccccc1. The summed E-state index contributed by atoms with van der Waals surface area (Å²) in [5.74, 6) is 0.792. The molecule has 0 aliphatic rings. The van der Waals surface area contributed by atoms with E-state index >= 15 is 0 Å². The molecule has 38 heavy (non-hydrogen) atoms. The molecule has 0 spiro atoms. The first-order valence-electron chi connectivity index (χ1n) is 11.8. The lowest BCUT2D eigenvalue weighted by atomic mass is 10.2. The van der Waals surface area contributed by atoms with Crippen LogP contribution in [-0.2, 0) is 27.2 Å². The van der Waals surface area contributed by atoms with Crippen molar-refractivity contribution in [2.24, 2.45) is 5.50 Å². The molecule has 2 aromatic heterocycles. The molecule has 5 N–H and O–H groups in total. The van der Waals surface area contributed by atoms with Crippen molar-refractivity contribution in [2.75, 3.05) is 25.6 Å². The van der Waals surface area contributed by atoms with Gasteiger partial charge in [0.2, 0.25) is 0 Å². The summed E-state index contributed by atoms with van der Waals surface area (Å²) >= 11 is 6.03. The van der Waals surface area contributed by atoms with E-state index in [1.54, 1.807) is 36.7 Å². The molecule has 4 rings (SSSR count). The van der Waals surface area contributed by atoms with Crippen molar-refractivity contribution in [3.8, 4) is 5.75 Å². The Kier molecular flexibility index (Phi) is 9.64. The molecule has 2 heterocycles. The van der Waals surface area contributed by atoms with Crippen molar-refractivity contribution in [1.29, 1.82) is 0 Å². The minimum atomic E-state index is -3.68. The monoisotopic (exact) mass is 560 g/mol. The number of ether oxygens (including phenoxy) is 2. The number of nitrogen functional groups attached to an aromatic ring is 1. The topological polar surface area (TPSA) is 156 Å². The summed E-state index contributed by atoms with van der Waals surface area (Å²) in [6.07, 6.45) is 2.71. The highest BCUT2D eigenvalue weighted by molar-refractivity contribution is 7.56. The molecule has 0 aliphatic carbocycles. The number of nitrogens with one attached hydrogen (secondary N) is 1. The fourth-order valence-electron chi connectivity index (χ4n) is 3.53. The quantitative estimate of drug-likeness (QED) is 0.0896. The summed E-state index contributed by atoms with van der Waals surface area (Å²) in [5, 5.41) is 3.40. The lowest BCUT2D eigenvalue weighted by Gasteiger charge is -2.28. The number of fused-ring (bicyclic) bond motifs is 1. The van der Waals surface area contributed by atoms with Crippen LogP contribution in [0.2, 0.25) is 5.02 Å². The second-order valence-electron chi connectivity index (χ2n) is 8.39. The second-order valence-corrected chi connectivity index (χ2v) is 10.8. The first-order valence-corrected chi connectivity index (χ1v) is 13.9. The fraction of sp³-hybridized carbons (Fsp3) is 0.292. The van der Waals surface area contributed by atoms with E-state index in [9.17, 15) is 4.57 Å². The van der Waals surface area contributed by atoms with Crippen molar-refractivity contribution < 1.29 is 18.9 Å². The number of nitrogens with two attached hydrogens (primary N) is 2. The van der Waals surface area contributed by atoms with E-state index in [0.29, 0.717) is 40.9 Å². The van der Waals surface area contributed by atoms with Crippen LogP contribution in [0.1, 0.15) is 12.5 Å². The fourth-order valence-corrected chi connectivity index (χ4v) is 4.75. The van der Waals surface area contributed by atoms with E-state index in [4.69, 9.17) is 37.2 Å². The highest BCUT2D eigenvalue weighted by Gasteiger charge is 2.28. The number of halogens is 1. The van der Waals surface area contributed by atoms with Crippen LogP contribution in [0, 0.1) is 0 Å². The molecule has 0 aliphatic heterocycles. The Morgan fingerprint density at radius 3 is 2.76 bits per heavy atom. The Morgan fingerprint density at radius 1 is 1.16 bits per heavy atom. The first kappa shape index (κ1) is 27.9. The molecule has 0 saturated carbocycles. The zero-order chi connectivity index (χ0) is 27.0. The summed E-state index contributed by atoms with van der Waals surface area (Å²) in [4.78, 5) is 19.5. The number of aromatic nitrogens is 4. The van der Waals surface area contributed by atoms with Gasteiger partial charge in [-0.2, -0.15) is 0 Å². The predicted octanol–water partition coefficient (Wildman–Crippen LogP) is 3.59. The van der Waals surface area contributed by atoms with Gasteiger partial charge in [0.1, 0.15) is 24.3 Å². The van der Waals surface area contributed by atoms with Gasteiger partial charge in [0, 0.05) is 5.02 Å². The lowest BCUT2D eigenvalue weighted by molar-refractivity contribution is -0.00554. The standard InChI is InChI=1S/C24H30ClN8O4P/c1-18(13-32-16-30-22-23(26)28-15-29-24(22)32)36-17-31-38(27,34)33(37-21-8-3-2-4-9-21)10-11-35-14-19-6-5-7-20(25)12-19/h2-9,12,15-16,18H,10-11,13-14,17H2,1H3,(H2,26,28,29)(H3,27,31,34)/t18-,38?/m1/s1. The molecule has 0 amide bonds. The molecule has 0 saturated heterocycles. The summed E-state index contributed by atoms with van der Waals surface area (Å²) in [6.45, 7) is 2.89. The average Bonchev–Trinajstić information content (AvgIpc) is 3.30. The van der Waals surface area contributed by atoms with Crippen LogP contribution in [0.4, 0.5) is 5.82 Å². The number of para-hydroxylation sites is 1. The van der Waals surface area contributed by atoms with Gasteiger partial charge in [-0.05, 0) is 36.8 Å². The summed E-state index contributed by atoms with van der Waals surface area (Å²) in [6, 6.07) is 16.3. The molecule has 0 radical (unpaired) electrons. The minimum absolute atomic E-state index is 0.0866. The van der Waals surface area contributed by atoms with E-state index in [2.05, 4.69) is 20.0 Å². The van der Waals surface area contributed by atoms with Gasteiger partial charge in [-0.25, -0.2) is 20.0 Å². The third kappa shape index (κ3) is 7.71. The van der Waals surface area contributed by atoms with Crippen LogP contribution in [0.3, 0.4) is 0 Å². The molecular weight excluding hydrogens is 531 g/mol. The van der Waals surface area contributed by atoms with Crippen molar-refractivity contribution in [2.45, 2.75) is 26.2 Å². The second kappa shape index (κ2) is 13.1. The largest absolute Gasteiger partial charge is 0.397 e. The van der Waals surface area contributed by atoms with Crippen LogP contribution in [0.25, 0.3) is 11.2 Å². The smallest absolute Gasteiger partial charge is 0.312 e. The van der Waals surface area contributed by atoms with Crippen molar-refractivity contribution in [3.63, 3.8) is 0 Å². The molecule has 14 heteroatoms. The molecule has 0 fully saturated rings. The van der Waals surface area contributed by atoms with Gasteiger partial charge in [0.15, 0.2) is 11.5 Å². The maximum absolute atomic E-state index is 13.4. The molecule has 2 aromatic carbocycles. The van der Waals surface area contributed by atoms with Crippen LogP contribution in [0.5, 0.6) is 5.75 Å². The van der Waals surface area contributed by atoms with Crippen LogP contribution < -0.4 is 21.2 Å². The zero-order valence-electron chi connectivity index (χ0n) is 20.8. The van der Waals surface area contributed by atoms with Gasteiger partial charge >= 0.3 is 7.59 Å². The van der Waals surface area contributed by atoms with E-state index in [1.807, 2.05) is 35.8 Å². The maximum atomic E-state index is 13.4. The summed E-state index contributed by atoms with van der Waals surface area (Å²) in [5.41, 5.74) is 14.1. The number of benzene rings is 2. The number of hydrogen-bond donors (Lipinski definition) is 3. The van der Waals surface area contributed by atoms with E-state index in [1.165, 1.54) is 11.2 Å². The Hall–Kier alpha value is -3.09. The Labute approximate surface area is 225 Å². The summed E-state index contributed by atoms with van der Waals surface area (Å²) < 4.78 is 26.8. The van der Waals surface area contributed by atoms with Crippen LogP contribution >= 0.6 is 19.2 Å². The Morgan fingerprint density at radius 2 is 1.97 bits per heavy atom. The highest BCUT2D eigenvalue weighted by Crippen LogP contribution is 2.37. The van der Waals surface area contributed by atoms with E-state index in [0.717, 1.165) is 5.56 Å². The highest BCUT2D eigenvalue weighted by atomic mass is 35.5. The predicted molar refractivity (Wildman–Crippen MR) is 145 cm³/mol. The molecular formula is C24H30ClN8O4P. The molecule has 0 bridgehead atoms. The third-order valence-electron chi connectivity index (χ3n) is 5.41. The van der Waals surface area contributed by atoms with Gasteiger partial charge in [-0.1, -0.05) is 46.8 Å². The maximum Gasteiger partial charge on any atom is 0.312 e. The molecule has 1 unspecified atom stereocenters. The number of anilines is 1. The molecule has 4 aromatic rings. The minimum Gasteiger partial charge on any atom is -0.397 e. The van der Waals surface area contributed by atoms with Crippen LogP contribution in [0.15, 0.2) is 67.3 Å². The normalized spacial score (nSPS) is 14.0. The number of imidazole rings is 1. The molecule has 2 atom stereocenters. The first-order chi connectivity index (χ1) is 18.3. The zero-order valence-corrected chi connectivity index (χ0v) is 22.5. The Balaban J connectivity index is 1.31. The van der Waals surface area contributed by atoms with Gasteiger partial charge in [0.05, 0.1) is 38.7 Å². The van der Waals surface area contributed by atoms with Gasteiger partial charge < -0.3 is 24.6 Å². The number of hydroxylamine groups is 1. The van der Waals surface area contributed by atoms with Gasteiger partial charge in [0.25, 0.3) is 0 Å². The number of rotatable bonds is 14. The van der Waals surface area contributed by atoms with Gasteiger partial charge in [-0.3, -0.25) is 10.1 Å². The van der Waals surface area contributed by atoms with Gasteiger partial charge in [-0.15, -0.1) is 0 Å². The van der Waals surface area contributed by atoms with E-state index < -0.39 is 7.59 Å². The number of nitrogens with zero attached hydrogens (tertiary/aromatic N) is 5. The third-order valence-corrected chi connectivity index (χ3v) is 7.17. The average molecular weight is 561 g/mol. The van der Waals surface area contributed by atoms with Crippen molar-refractivity contribution in [3.05, 3.63) is 77.8 Å². The Bertz CT molecular complexity index is 1380. The van der Waals surface area contributed by atoms with Crippen molar-refractivity contribution in [1.82, 2.24) is 29.4 Å². The van der Waals surface area contributed by atoms with Crippen molar-refractivity contribution >= 4 is 36.2 Å². The van der Waals surface area contributed by atoms with E-state index in [-0.39, 0.29) is 26.0 Å². The number of hydrogen-bond acceptors (Lipinski definition) is 8. The molecule has 202 valence electrons.